The van der Waals surface area contributed by atoms with Gasteiger partial charge in [0.25, 0.3) is 0 Å². The van der Waals surface area contributed by atoms with Crippen LogP contribution in [0.1, 0.15) is 59.3 Å². The molecule has 0 heterocycles. The topological polar surface area (TPSA) is 18.5 Å². The van der Waals surface area contributed by atoms with Crippen molar-refractivity contribution in [3.05, 3.63) is 0 Å². The number of hydrogen-bond acceptors (Lipinski definition) is 2. The maximum Gasteiger partial charge on any atom is 0.0901 e. The highest BCUT2D eigenvalue weighted by molar-refractivity contribution is 4.46. The lowest BCUT2D eigenvalue weighted by molar-refractivity contribution is -0.322. The Kier molecular flexibility index (Phi) is 9.94. The van der Waals surface area contributed by atoms with Gasteiger partial charge in [-0.3, -0.25) is 0 Å². The van der Waals surface area contributed by atoms with Crippen molar-refractivity contribution in [2.24, 2.45) is 0 Å². The molecule has 0 aromatic rings. The molecular weight excluding hydrogens is 164 g/mol. The Bertz CT molecular complexity index is 94.1. The van der Waals surface area contributed by atoms with Crippen LogP contribution in [0, 0.1) is 0 Å². The smallest absolute Gasteiger partial charge is 0.0901 e. The second-order valence-corrected chi connectivity index (χ2v) is 3.58. The molecule has 0 aliphatic rings. The maximum atomic E-state index is 5.19. The van der Waals surface area contributed by atoms with E-state index in [2.05, 4.69) is 20.8 Å². The summed E-state index contributed by atoms with van der Waals surface area (Å²) in [5.41, 5.74) is 0. The molecule has 0 N–H and O–H groups in total. The highest BCUT2D eigenvalue weighted by Crippen LogP contribution is 2.04. The third kappa shape index (κ3) is 9.84. The molecule has 1 atom stereocenters. The van der Waals surface area contributed by atoms with Gasteiger partial charge in [-0.2, -0.15) is 0 Å². The van der Waals surface area contributed by atoms with Crippen LogP contribution in [0.25, 0.3) is 0 Å². The molecule has 0 aliphatic heterocycles. The third-order valence-electron chi connectivity index (χ3n) is 2.03. The lowest BCUT2D eigenvalue weighted by atomic mass is 10.2. The lowest BCUT2D eigenvalue weighted by Gasteiger charge is -2.10. The molecule has 80 valence electrons. The Morgan fingerprint density at radius 3 is 2.31 bits per heavy atom. The van der Waals surface area contributed by atoms with E-state index in [0.29, 0.717) is 0 Å². The molecule has 0 amide bonds. The molecular formula is C11H24O2. The Labute approximate surface area is 82.5 Å². The molecule has 13 heavy (non-hydrogen) atoms. The summed E-state index contributed by atoms with van der Waals surface area (Å²) in [6.07, 6.45) is 7.37. The van der Waals surface area contributed by atoms with Crippen LogP contribution in [0.3, 0.4) is 0 Å². The average Bonchev–Trinajstić information content (AvgIpc) is 2.14. The Morgan fingerprint density at radius 1 is 1.00 bits per heavy atom. The molecule has 2 heteroatoms. The van der Waals surface area contributed by atoms with Gasteiger partial charge in [0.05, 0.1) is 12.7 Å². The normalized spacial score (nSPS) is 13.2. The van der Waals surface area contributed by atoms with Crippen LogP contribution in [-0.2, 0) is 9.78 Å². The SMILES string of the molecule is CCCCCOOC(C)CCCC. The molecule has 0 spiro atoms. The van der Waals surface area contributed by atoms with Crippen LogP contribution in [0.2, 0.25) is 0 Å². The first-order valence-corrected chi connectivity index (χ1v) is 5.59. The van der Waals surface area contributed by atoms with Crippen molar-refractivity contribution in [2.75, 3.05) is 6.61 Å². The van der Waals surface area contributed by atoms with Crippen molar-refractivity contribution in [2.45, 2.75) is 65.4 Å². The Morgan fingerprint density at radius 2 is 1.69 bits per heavy atom. The van der Waals surface area contributed by atoms with E-state index in [-0.39, 0.29) is 6.10 Å². The average molecular weight is 188 g/mol. The molecule has 0 aromatic heterocycles. The van der Waals surface area contributed by atoms with E-state index >= 15 is 0 Å². The highest BCUT2D eigenvalue weighted by atomic mass is 17.2. The number of unbranched alkanes of at least 4 members (excludes halogenated alkanes) is 3. The Hall–Kier alpha value is -0.0800. The Balaban J connectivity index is 3.03. The fourth-order valence-electron chi connectivity index (χ4n) is 1.11. The van der Waals surface area contributed by atoms with Crippen LogP contribution < -0.4 is 0 Å². The van der Waals surface area contributed by atoms with E-state index in [4.69, 9.17) is 9.78 Å². The van der Waals surface area contributed by atoms with Crippen molar-refractivity contribution in [3.63, 3.8) is 0 Å². The zero-order valence-electron chi connectivity index (χ0n) is 9.34. The third-order valence-corrected chi connectivity index (χ3v) is 2.03. The van der Waals surface area contributed by atoms with Gasteiger partial charge in [0.15, 0.2) is 0 Å². The minimum Gasteiger partial charge on any atom is -0.236 e. The number of rotatable bonds is 9. The van der Waals surface area contributed by atoms with Gasteiger partial charge >= 0.3 is 0 Å². The molecule has 0 saturated carbocycles. The summed E-state index contributed by atoms with van der Waals surface area (Å²) < 4.78 is 0. The van der Waals surface area contributed by atoms with Gasteiger partial charge in [-0.05, 0) is 19.8 Å². The van der Waals surface area contributed by atoms with Gasteiger partial charge in [-0.1, -0.05) is 39.5 Å². The van der Waals surface area contributed by atoms with E-state index in [9.17, 15) is 0 Å². The van der Waals surface area contributed by atoms with E-state index < -0.39 is 0 Å². The molecule has 0 aliphatic carbocycles. The highest BCUT2D eigenvalue weighted by Gasteiger charge is 2.01. The first-order valence-electron chi connectivity index (χ1n) is 5.59. The summed E-state index contributed by atoms with van der Waals surface area (Å²) in [6, 6.07) is 0. The first-order chi connectivity index (χ1) is 6.31. The summed E-state index contributed by atoms with van der Waals surface area (Å²) in [6.45, 7) is 7.18. The summed E-state index contributed by atoms with van der Waals surface area (Å²) in [7, 11) is 0. The molecule has 0 bridgehead atoms. The fourth-order valence-corrected chi connectivity index (χ4v) is 1.11. The zero-order valence-corrected chi connectivity index (χ0v) is 9.34. The van der Waals surface area contributed by atoms with Crippen molar-refractivity contribution < 1.29 is 9.78 Å². The van der Waals surface area contributed by atoms with E-state index in [1.54, 1.807) is 0 Å². The van der Waals surface area contributed by atoms with E-state index in [0.717, 1.165) is 19.4 Å². The maximum absolute atomic E-state index is 5.19. The van der Waals surface area contributed by atoms with E-state index in [1.807, 2.05) is 0 Å². The zero-order chi connectivity index (χ0) is 9.94. The predicted molar refractivity (Wildman–Crippen MR) is 55.5 cm³/mol. The number of hydrogen-bond donors (Lipinski definition) is 0. The summed E-state index contributed by atoms with van der Waals surface area (Å²) in [5, 5.41) is 0. The van der Waals surface area contributed by atoms with Crippen molar-refractivity contribution in [1.29, 1.82) is 0 Å². The molecule has 0 saturated heterocycles. The fraction of sp³-hybridized carbons (Fsp3) is 1.00. The minimum absolute atomic E-state index is 0.251. The van der Waals surface area contributed by atoms with Crippen LogP contribution in [0.5, 0.6) is 0 Å². The van der Waals surface area contributed by atoms with Crippen LogP contribution in [0.15, 0.2) is 0 Å². The van der Waals surface area contributed by atoms with Crippen molar-refractivity contribution >= 4 is 0 Å². The molecule has 0 aromatic carbocycles. The quantitative estimate of drug-likeness (QED) is 0.312. The molecule has 0 rings (SSSR count). The van der Waals surface area contributed by atoms with Crippen LogP contribution in [-0.4, -0.2) is 12.7 Å². The molecule has 0 radical (unpaired) electrons. The lowest BCUT2D eigenvalue weighted by Crippen LogP contribution is -2.09. The van der Waals surface area contributed by atoms with E-state index in [1.165, 1.54) is 25.7 Å². The molecule has 1 unspecified atom stereocenters. The van der Waals surface area contributed by atoms with Crippen molar-refractivity contribution in [1.82, 2.24) is 0 Å². The van der Waals surface area contributed by atoms with Gasteiger partial charge < -0.3 is 0 Å². The minimum atomic E-state index is 0.251. The van der Waals surface area contributed by atoms with Crippen LogP contribution in [0.4, 0.5) is 0 Å². The van der Waals surface area contributed by atoms with Gasteiger partial charge in [0, 0.05) is 0 Å². The standard InChI is InChI=1S/C11H24O2/c1-4-6-8-10-12-13-11(3)9-7-5-2/h11H,4-10H2,1-3H3. The summed E-state index contributed by atoms with van der Waals surface area (Å²) in [5.74, 6) is 0. The van der Waals surface area contributed by atoms with Gasteiger partial charge in [0.1, 0.15) is 0 Å². The largest absolute Gasteiger partial charge is 0.236 e. The molecule has 0 fully saturated rings. The first kappa shape index (κ1) is 12.9. The van der Waals surface area contributed by atoms with Gasteiger partial charge in [-0.25, -0.2) is 9.78 Å². The second kappa shape index (κ2) is 10.0. The van der Waals surface area contributed by atoms with Crippen molar-refractivity contribution in [3.8, 4) is 0 Å². The van der Waals surface area contributed by atoms with Gasteiger partial charge in [0.2, 0.25) is 0 Å². The van der Waals surface area contributed by atoms with Crippen LogP contribution >= 0.6 is 0 Å². The summed E-state index contributed by atoms with van der Waals surface area (Å²) >= 11 is 0. The molecule has 2 nitrogen and oxygen atoms in total. The van der Waals surface area contributed by atoms with Gasteiger partial charge in [-0.15, -0.1) is 0 Å². The predicted octanol–water partition coefficient (Wildman–Crippen LogP) is 3.70. The summed E-state index contributed by atoms with van der Waals surface area (Å²) in [4.78, 5) is 10.3. The second-order valence-electron chi connectivity index (χ2n) is 3.58. The monoisotopic (exact) mass is 188 g/mol.